The Labute approximate surface area is 216 Å². The molecule has 36 heavy (non-hydrogen) atoms. The summed E-state index contributed by atoms with van der Waals surface area (Å²) in [5.74, 6) is 0. The number of ether oxygens (including phenoxy) is 1. The first-order valence-corrected chi connectivity index (χ1v) is 12.9. The second-order valence-electron chi connectivity index (χ2n) is 11.0. The monoisotopic (exact) mass is 485 g/mol. The molecule has 1 aromatic heterocycles. The number of nitrogens with zero attached hydrogens (tertiary/aromatic N) is 3. The van der Waals surface area contributed by atoms with E-state index in [1.165, 1.54) is 27.9 Å². The number of carbonyl (C=O) groups is 1. The van der Waals surface area contributed by atoms with Gasteiger partial charge in [-0.15, -0.1) is 0 Å². The zero-order chi connectivity index (χ0) is 25.9. The Kier molecular flexibility index (Phi) is 7.67. The van der Waals surface area contributed by atoms with E-state index in [9.17, 15) is 4.79 Å². The van der Waals surface area contributed by atoms with Crippen molar-refractivity contribution in [2.75, 3.05) is 18.0 Å². The molecule has 5 nitrogen and oxygen atoms in total. The van der Waals surface area contributed by atoms with Gasteiger partial charge in [-0.05, 0) is 101 Å². The van der Waals surface area contributed by atoms with E-state index in [0.717, 1.165) is 30.6 Å². The van der Waals surface area contributed by atoms with Crippen molar-refractivity contribution in [1.29, 1.82) is 0 Å². The van der Waals surface area contributed by atoms with Crippen LogP contribution >= 0.6 is 0 Å². The summed E-state index contributed by atoms with van der Waals surface area (Å²) in [4.78, 5) is 21.6. The molecule has 0 unspecified atom stereocenters. The maximum Gasteiger partial charge on any atom is 0.410 e. The van der Waals surface area contributed by atoms with Crippen molar-refractivity contribution in [2.24, 2.45) is 0 Å². The Bertz CT molecular complexity index is 1190. The largest absolute Gasteiger partial charge is 0.444 e. The standard InChI is InChI=1S/C31H39N3O2/c1-22-7-11-27(12-8-22)34(28-14-17-33(18-15-28)30(35)36-31(4,5)6)21-25-13-16-32-29(20-25)26-10-9-23(2)24(3)19-26/h7-13,16,19-20,28H,14-15,17-18,21H2,1-6H3. The smallest absolute Gasteiger partial charge is 0.410 e. The zero-order valence-corrected chi connectivity index (χ0v) is 22.5. The number of benzene rings is 2. The van der Waals surface area contributed by atoms with Crippen LogP contribution in [0.15, 0.2) is 60.8 Å². The molecule has 3 aromatic rings. The fourth-order valence-electron chi connectivity index (χ4n) is 4.68. The summed E-state index contributed by atoms with van der Waals surface area (Å²) < 4.78 is 5.60. The molecular formula is C31H39N3O2. The average Bonchev–Trinajstić information content (AvgIpc) is 2.84. The predicted molar refractivity (Wildman–Crippen MR) is 147 cm³/mol. The zero-order valence-electron chi connectivity index (χ0n) is 22.5. The predicted octanol–water partition coefficient (Wildman–Crippen LogP) is 7.08. The maximum atomic E-state index is 12.6. The van der Waals surface area contributed by atoms with E-state index in [1.54, 1.807) is 0 Å². The molecule has 0 N–H and O–H groups in total. The van der Waals surface area contributed by atoms with Crippen LogP contribution in [0.1, 0.15) is 55.9 Å². The summed E-state index contributed by atoms with van der Waals surface area (Å²) in [5, 5.41) is 0. The Balaban J connectivity index is 1.54. The minimum atomic E-state index is -0.475. The highest BCUT2D eigenvalue weighted by molar-refractivity contribution is 5.68. The van der Waals surface area contributed by atoms with Crippen LogP contribution in [0.3, 0.4) is 0 Å². The van der Waals surface area contributed by atoms with Crippen molar-refractivity contribution >= 4 is 11.8 Å². The van der Waals surface area contributed by atoms with Crippen LogP contribution in [-0.4, -0.2) is 40.7 Å². The van der Waals surface area contributed by atoms with Gasteiger partial charge in [0.15, 0.2) is 0 Å². The topological polar surface area (TPSA) is 45.7 Å². The van der Waals surface area contributed by atoms with Crippen molar-refractivity contribution < 1.29 is 9.53 Å². The van der Waals surface area contributed by atoms with Crippen LogP contribution in [0.2, 0.25) is 0 Å². The van der Waals surface area contributed by atoms with Gasteiger partial charge in [-0.3, -0.25) is 4.98 Å². The number of hydrogen-bond donors (Lipinski definition) is 0. The van der Waals surface area contributed by atoms with Gasteiger partial charge in [0.2, 0.25) is 0 Å². The first-order chi connectivity index (χ1) is 17.1. The third-order valence-corrected chi connectivity index (χ3v) is 6.90. The van der Waals surface area contributed by atoms with Crippen molar-refractivity contribution in [3.8, 4) is 11.3 Å². The molecule has 2 heterocycles. The lowest BCUT2D eigenvalue weighted by molar-refractivity contribution is 0.0204. The lowest BCUT2D eigenvalue weighted by Gasteiger charge is -2.40. The van der Waals surface area contributed by atoms with Gasteiger partial charge < -0.3 is 14.5 Å². The number of carbonyl (C=O) groups excluding carboxylic acids is 1. The van der Waals surface area contributed by atoms with Crippen LogP contribution in [0, 0.1) is 20.8 Å². The van der Waals surface area contributed by atoms with E-state index in [-0.39, 0.29) is 6.09 Å². The van der Waals surface area contributed by atoms with Gasteiger partial charge in [-0.25, -0.2) is 4.79 Å². The fourth-order valence-corrected chi connectivity index (χ4v) is 4.68. The van der Waals surface area contributed by atoms with E-state index in [1.807, 2.05) is 31.9 Å². The molecule has 1 amide bonds. The summed E-state index contributed by atoms with van der Waals surface area (Å²) >= 11 is 0. The molecule has 0 saturated carbocycles. The van der Waals surface area contributed by atoms with Gasteiger partial charge in [-0.1, -0.05) is 29.8 Å². The molecule has 1 saturated heterocycles. The minimum absolute atomic E-state index is 0.213. The highest BCUT2D eigenvalue weighted by Gasteiger charge is 2.30. The normalized spacial score (nSPS) is 14.6. The number of pyridine rings is 1. The highest BCUT2D eigenvalue weighted by Crippen LogP contribution is 2.28. The lowest BCUT2D eigenvalue weighted by atomic mass is 10.00. The highest BCUT2D eigenvalue weighted by atomic mass is 16.6. The Morgan fingerprint density at radius 1 is 0.972 bits per heavy atom. The average molecular weight is 486 g/mol. The van der Waals surface area contributed by atoms with Crippen LogP contribution < -0.4 is 4.90 Å². The molecule has 2 aromatic carbocycles. The molecule has 5 heteroatoms. The Morgan fingerprint density at radius 3 is 2.31 bits per heavy atom. The summed E-state index contributed by atoms with van der Waals surface area (Å²) in [6.07, 6.45) is 3.51. The third kappa shape index (κ3) is 6.45. The molecule has 1 aliphatic heterocycles. The molecule has 1 fully saturated rings. The van der Waals surface area contributed by atoms with Crippen molar-refractivity contribution in [3.05, 3.63) is 83.0 Å². The minimum Gasteiger partial charge on any atom is -0.444 e. The van der Waals surface area contributed by atoms with Crippen molar-refractivity contribution in [3.63, 3.8) is 0 Å². The molecule has 0 aliphatic carbocycles. The van der Waals surface area contributed by atoms with Crippen molar-refractivity contribution in [1.82, 2.24) is 9.88 Å². The van der Waals surface area contributed by atoms with E-state index in [4.69, 9.17) is 4.74 Å². The number of hydrogen-bond acceptors (Lipinski definition) is 4. The number of anilines is 1. The van der Waals surface area contributed by atoms with Crippen LogP contribution in [0.5, 0.6) is 0 Å². The molecule has 0 radical (unpaired) electrons. The van der Waals surface area contributed by atoms with Crippen LogP contribution in [0.25, 0.3) is 11.3 Å². The molecule has 190 valence electrons. The molecule has 4 rings (SSSR count). The number of rotatable bonds is 5. The number of aryl methyl sites for hydroxylation is 3. The van der Waals surface area contributed by atoms with Gasteiger partial charge in [0.1, 0.15) is 5.60 Å². The van der Waals surface area contributed by atoms with E-state index in [2.05, 4.69) is 85.3 Å². The van der Waals surface area contributed by atoms with Gasteiger partial charge in [-0.2, -0.15) is 0 Å². The summed E-state index contributed by atoms with van der Waals surface area (Å²) in [5.41, 5.74) is 7.92. The van der Waals surface area contributed by atoms with Crippen LogP contribution in [0.4, 0.5) is 10.5 Å². The van der Waals surface area contributed by atoms with E-state index < -0.39 is 5.60 Å². The van der Waals surface area contributed by atoms with Crippen LogP contribution in [-0.2, 0) is 11.3 Å². The first kappa shape index (κ1) is 25.7. The van der Waals surface area contributed by atoms with Gasteiger partial charge in [0.25, 0.3) is 0 Å². The third-order valence-electron chi connectivity index (χ3n) is 6.90. The quantitative estimate of drug-likeness (QED) is 0.387. The summed E-state index contributed by atoms with van der Waals surface area (Å²) in [6, 6.07) is 20.0. The lowest BCUT2D eigenvalue weighted by Crippen LogP contribution is -2.48. The number of aromatic nitrogens is 1. The van der Waals surface area contributed by atoms with E-state index in [0.29, 0.717) is 19.1 Å². The second kappa shape index (κ2) is 10.7. The molecule has 0 spiro atoms. The maximum absolute atomic E-state index is 12.6. The first-order valence-electron chi connectivity index (χ1n) is 12.9. The molecule has 1 aliphatic rings. The molecular weight excluding hydrogens is 446 g/mol. The Hall–Kier alpha value is -3.34. The fraction of sp³-hybridized carbons (Fsp3) is 0.419. The number of amides is 1. The molecule has 0 atom stereocenters. The van der Waals surface area contributed by atoms with E-state index >= 15 is 0 Å². The number of piperidine rings is 1. The van der Waals surface area contributed by atoms with Crippen molar-refractivity contribution in [2.45, 2.75) is 72.6 Å². The van der Waals surface area contributed by atoms with Gasteiger partial charge in [0.05, 0.1) is 5.69 Å². The number of likely N-dealkylation sites (tertiary alicyclic amines) is 1. The summed E-state index contributed by atoms with van der Waals surface area (Å²) in [6.45, 7) is 14.3. The Morgan fingerprint density at radius 2 is 1.67 bits per heavy atom. The van der Waals surface area contributed by atoms with Gasteiger partial charge >= 0.3 is 6.09 Å². The SMILES string of the molecule is Cc1ccc(N(Cc2ccnc(-c3ccc(C)c(C)c3)c2)C2CCN(C(=O)OC(C)(C)C)CC2)cc1. The van der Waals surface area contributed by atoms with Gasteiger partial charge in [0, 0.05) is 43.1 Å². The second-order valence-corrected chi connectivity index (χ2v) is 11.0. The summed E-state index contributed by atoms with van der Waals surface area (Å²) in [7, 11) is 0. The molecule has 0 bridgehead atoms.